The standard InChI is InChI=1S/C51H37N2O2.C15H18NSi.Ir/c1-29(2)40-25-35(46-27-34-14-7-10-19-45(34)54-46)26-41(30(3)4)48(40)53-49-37-16-9-6-13-32(37)22-23-44(49)52-51(53)39-18-11-17-38-43-24-33-21-20-31-12-5-8-15-36(31)42(33)28-47(43)55-50(38)39;1-12-5-7-13(8-6-12)15-10-9-14(11-16-15)17(2,3)4;/h5-17,19-30H,1-4H3;5-7,9-11H,1-4H3;/q2*-1;/i;1D3;. The van der Waals surface area contributed by atoms with Crippen molar-refractivity contribution in [2.45, 2.75) is 66.0 Å². The monoisotopic (exact) mass is 1150 g/mol. The third-order valence-electron chi connectivity index (χ3n) is 14.1. The number of hydrogen-bond donors (Lipinski definition) is 0. The third kappa shape index (κ3) is 8.59. The molecule has 361 valence electrons. The number of rotatable bonds is 7. The molecule has 13 rings (SSSR count). The SMILES string of the molecule is CC(C)c1cc(-c2cc3ccccc3o2)cc(C(C)C)c1-n1c(-c2[c-]ccc3c2oc2cc4c(ccc5ccccc54)cc23)nc2ccc3ccccc3c21.[2H]C([2H])([2H])c1c[c-]c(-c2ccc([Si](C)(C)C)cn2)cc1.[Ir]. The van der Waals surface area contributed by atoms with Crippen molar-refractivity contribution in [3.8, 4) is 39.7 Å². The first-order valence-corrected chi connectivity index (χ1v) is 28.3. The first kappa shape index (κ1) is 44.3. The van der Waals surface area contributed by atoms with Gasteiger partial charge in [0, 0.05) is 57.8 Å². The summed E-state index contributed by atoms with van der Waals surface area (Å²) in [6, 6.07) is 65.2. The van der Waals surface area contributed by atoms with E-state index in [2.05, 4.69) is 196 Å². The Balaban J connectivity index is 0.000000249. The number of fused-ring (bicyclic) bond motifs is 10. The van der Waals surface area contributed by atoms with Crippen molar-refractivity contribution in [3.63, 3.8) is 0 Å². The number of pyridine rings is 1. The molecular formula is C66H55IrN3O2Si-2. The van der Waals surface area contributed by atoms with Crippen molar-refractivity contribution in [1.29, 1.82) is 0 Å². The third-order valence-corrected chi connectivity index (χ3v) is 16.2. The van der Waals surface area contributed by atoms with Gasteiger partial charge in [0.1, 0.15) is 16.9 Å². The van der Waals surface area contributed by atoms with Crippen molar-refractivity contribution in [2.24, 2.45) is 0 Å². The fraction of sp³-hybridized carbons (Fsp3) is 0.152. The van der Waals surface area contributed by atoms with Crippen LogP contribution < -0.4 is 5.19 Å². The topological polar surface area (TPSA) is 57.0 Å². The minimum atomic E-state index is -2.08. The molecule has 0 aliphatic rings. The van der Waals surface area contributed by atoms with Crippen LogP contribution in [-0.4, -0.2) is 22.6 Å². The largest absolute Gasteiger partial charge is 0.501 e. The molecule has 4 heterocycles. The Morgan fingerprint density at radius 2 is 1.30 bits per heavy atom. The van der Waals surface area contributed by atoms with Crippen molar-refractivity contribution in [3.05, 3.63) is 205 Å². The van der Waals surface area contributed by atoms with Gasteiger partial charge in [0.25, 0.3) is 0 Å². The number of imidazole rings is 1. The van der Waals surface area contributed by atoms with E-state index >= 15 is 0 Å². The summed E-state index contributed by atoms with van der Waals surface area (Å²) in [4.78, 5) is 9.96. The molecule has 0 saturated carbocycles. The Morgan fingerprint density at radius 1 is 0.603 bits per heavy atom. The zero-order chi connectivity index (χ0) is 51.9. The number of benzene rings is 9. The molecule has 0 bridgehead atoms. The summed E-state index contributed by atoms with van der Waals surface area (Å²) in [6.45, 7) is 13.9. The molecule has 0 unspecified atom stereocenters. The molecule has 9 aromatic carbocycles. The quantitative estimate of drug-likeness (QED) is 0.0906. The van der Waals surface area contributed by atoms with E-state index in [0.717, 1.165) is 89.0 Å². The van der Waals surface area contributed by atoms with E-state index in [-0.39, 0.29) is 31.9 Å². The Hall–Kier alpha value is -7.41. The second-order valence-corrected chi connectivity index (χ2v) is 25.7. The summed E-state index contributed by atoms with van der Waals surface area (Å²) >= 11 is 0. The van der Waals surface area contributed by atoms with Crippen LogP contribution in [0.15, 0.2) is 185 Å². The molecule has 1 radical (unpaired) electrons. The molecule has 0 atom stereocenters. The van der Waals surface area contributed by atoms with Gasteiger partial charge in [-0.2, -0.15) is 0 Å². The number of aryl methyl sites for hydroxylation is 1. The molecule has 0 fully saturated rings. The molecular weight excluding hydrogens is 1090 g/mol. The zero-order valence-corrected chi connectivity index (χ0v) is 45.3. The van der Waals surface area contributed by atoms with Crippen LogP contribution >= 0.6 is 0 Å². The van der Waals surface area contributed by atoms with Gasteiger partial charge in [-0.15, -0.1) is 53.6 Å². The summed E-state index contributed by atoms with van der Waals surface area (Å²) in [5, 5.41) is 11.7. The van der Waals surface area contributed by atoms with Crippen LogP contribution in [0.5, 0.6) is 0 Å². The molecule has 73 heavy (non-hydrogen) atoms. The molecule has 13 aromatic rings. The van der Waals surface area contributed by atoms with Crippen LogP contribution in [0, 0.1) is 19.0 Å². The molecule has 0 aliphatic carbocycles. The number of hydrogen-bond acceptors (Lipinski definition) is 4. The Labute approximate surface area is 445 Å². The van der Waals surface area contributed by atoms with Gasteiger partial charge in [-0.25, -0.2) is 0 Å². The van der Waals surface area contributed by atoms with Gasteiger partial charge < -0.3 is 18.4 Å². The Morgan fingerprint density at radius 3 is 1.99 bits per heavy atom. The average Bonchev–Trinajstić information content (AvgIpc) is 4.22. The second kappa shape index (κ2) is 18.9. The summed E-state index contributed by atoms with van der Waals surface area (Å²) in [6.07, 6.45) is 1.92. The van der Waals surface area contributed by atoms with Gasteiger partial charge in [-0.1, -0.05) is 162 Å². The van der Waals surface area contributed by atoms with Crippen LogP contribution in [0.1, 0.15) is 60.3 Å². The molecule has 0 aliphatic heterocycles. The average molecular weight is 1150 g/mol. The van der Waals surface area contributed by atoms with Crippen LogP contribution in [0.2, 0.25) is 19.6 Å². The molecule has 5 nitrogen and oxygen atoms in total. The van der Waals surface area contributed by atoms with Crippen molar-refractivity contribution in [1.82, 2.24) is 14.5 Å². The second-order valence-electron chi connectivity index (χ2n) is 20.6. The zero-order valence-electron chi connectivity index (χ0n) is 44.9. The fourth-order valence-corrected chi connectivity index (χ4v) is 11.3. The molecule has 0 N–H and O–H groups in total. The van der Waals surface area contributed by atoms with Crippen LogP contribution in [0.3, 0.4) is 0 Å². The van der Waals surface area contributed by atoms with Crippen molar-refractivity contribution < 1.29 is 33.1 Å². The number of nitrogens with zero attached hydrogens (tertiary/aromatic N) is 3. The van der Waals surface area contributed by atoms with Gasteiger partial charge >= 0.3 is 0 Å². The molecule has 0 amide bonds. The number of para-hydroxylation sites is 1. The number of aromatic nitrogens is 3. The van der Waals surface area contributed by atoms with Gasteiger partial charge in [0.15, 0.2) is 0 Å². The maximum Gasteiger partial charge on any atom is 0.135 e. The van der Waals surface area contributed by atoms with E-state index < -0.39 is 14.9 Å². The van der Waals surface area contributed by atoms with Crippen LogP contribution in [-0.2, 0) is 20.1 Å². The van der Waals surface area contributed by atoms with Gasteiger partial charge in [-0.05, 0) is 103 Å². The Bertz CT molecular complexity index is 4220. The predicted molar refractivity (Wildman–Crippen MR) is 305 cm³/mol. The summed E-state index contributed by atoms with van der Waals surface area (Å²) < 4.78 is 37.9. The first-order valence-electron chi connectivity index (χ1n) is 26.3. The van der Waals surface area contributed by atoms with Gasteiger partial charge in [0.05, 0.1) is 30.5 Å². The molecule has 0 saturated heterocycles. The summed E-state index contributed by atoms with van der Waals surface area (Å²) in [5.74, 6) is 2.08. The van der Waals surface area contributed by atoms with Crippen LogP contribution in [0.25, 0.3) is 116 Å². The molecule has 0 spiro atoms. The smallest absolute Gasteiger partial charge is 0.135 e. The van der Waals surface area contributed by atoms with Gasteiger partial charge in [-0.3, -0.25) is 4.98 Å². The molecule has 7 heteroatoms. The minimum absolute atomic E-state index is 0. The van der Waals surface area contributed by atoms with E-state index in [1.165, 1.54) is 49.3 Å². The van der Waals surface area contributed by atoms with E-state index in [1.54, 1.807) is 12.1 Å². The summed E-state index contributed by atoms with van der Waals surface area (Å²) in [7, 11) is -1.34. The van der Waals surface area contributed by atoms with E-state index in [0.29, 0.717) is 5.56 Å². The van der Waals surface area contributed by atoms with E-state index in [9.17, 15) is 0 Å². The fourth-order valence-electron chi connectivity index (χ4n) is 10.3. The van der Waals surface area contributed by atoms with E-state index in [4.69, 9.17) is 17.9 Å². The van der Waals surface area contributed by atoms with Crippen molar-refractivity contribution >= 4 is 89.5 Å². The predicted octanol–water partition coefficient (Wildman–Crippen LogP) is 17.9. The normalized spacial score (nSPS) is 12.8. The van der Waals surface area contributed by atoms with Crippen molar-refractivity contribution in [2.75, 3.05) is 0 Å². The minimum Gasteiger partial charge on any atom is -0.501 e. The van der Waals surface area contributed by atoms with Crippen LogP contribution in [0.4, 0.5) is 0 Å². The summed E-state index contributed by atoms with van der Waals surface area (Å²) in [5.41, 5.74) is 12.0. The van der Waals surface area contributed by atoms with E-state index in [1.807, 2.05) is 30.5 Å². The maximum atomic E-state index is 7.35. The first-order chi connectivity index (χ1) is 36.1. The Kier molecular flexibility index (Phi) is 11.5. The molecule has 4 aromatic heterocycles. The maximum absolute atomic E-state index is 7.35. The number of furan rings is 2. The van der Waals surface area contributed by atoms with Gasteiger partial charge in [0.2, 0.25) is 0 Å².